The van der Waals surface area contributed by atoms with E-state index in [0.29, 0.717) is 5.92 Å². The molecular formula is C19H24BNO2S. The van der Waals surface area contributed by atoms with Crippen LogP contribution in [0.15, 0.2) is 30.5 Å². The summed E-state index contributed by atoms with van der Waals surface area (Å²) in [5.41, 5.74) is 1.69. The van der Waals surface area contributed by atoms with E-state index in [9.17, 15) is 0 Å². The monoisotopic (exact) mass is 341 g/mol. The van der Waals surface area contributed by atoms with E-state index in [4.69, 9.17) is 9.31 Å². The highest BCUT2D eigenvalue weighted by atomic mass is 32.1. The van der Waals surface area contributed by atoms with Crippen LogP contribution in [-0.4, -0.2) is 23.3 Å². The normalized spacial score (nSPS) is 22.6. The topological polar surface area (TPSA) is 31.4 Å². The van der Waals surface area contributed by atoms with Gasteiger partial charge in [0.05, 0.1) is 21.1 Å². The summed E-state index contributed by atoms with van der Waals surface area (Å²) in [5.74, 6) is 0.702. The lowest BCUT2D eigenvalue weighted by molar-refractivity contribution is 0.00578. The van der Waals surface area contributed by atoms with Crippen molar-refractivity contribution in [2.45, 2.75) is 64.1 Å². The van der Waals surface area contributed by atoms with Crippen LogP contribution in [0.5, 0.6) is 0 Å². The number of aromatic nitrogens is 1. The van der Waals surface area contributed by atoms with Gasteiger partial charge in [-0.3, -0.25) is 0 Å². The van der Waals surface area contributed by atoms with E-state index >= 15 is 0 Å². The summed E-state index contributed by atoms with van der Waals surface area (Å²) in [6.07, 6.45) is 5.96. The first kappa shape index (κ1) is 16.3. The van der Waals surface area contributed by atoms with E-state index in [0.717, 1.165) is 5.46 Å². The van der Waals surface area contributed by atoms with Crippen molar-refractivity contribution in [1.82, 2.24) is 4.98 Å². The van der Waals surface area contributed by atoms with Crippen LogP contribution in [0.3, 0.4) is 0 Å². The summed E-state index contributed by atoms with van der Waals surface area (Å²) >= 11 is 1.83. The SMILES string of the molecule is CC1(C)OB(c2ccc(-c3cnc(C4CCC4)s3)cc2)OC1(C)C. The van der Waals surface area contributed by atoms with Crippen LogP contribution in [0.2, 0.25) is 0 Å². The molecule has 2 aromatic rings. The molecule has 1 aromatic carbocycles. The molecule has 0 unspecified atom stereocenters. The van der Waals surface area contributed by atoms with Crippen molar-refractivity contribution in [3.63, 3.8) is 0 Å². The molecule has 24 heavy (non-hydrogen) atoms. The zero-order valence-corrected chi connectivity index (χ0v) is 15.7. The number of hydrogen-bond donors (Lipinski definition) is 0. The number of benzene rings is 1. The molecule has 2 fully saturated rings. The lowest BCUT2D eigenvalue weighted by atomic mass is 9.79. The smallest absolute Gasteiger partial charge is 0.399 e. The summed E-state index contributed by atoms with van der Waals surface area (Å²) in [6, 6.07) is 8.53. The quantitative estimate of drug-likeness (QED) is 0.777. The molecule has 0 radical (unpaired) electrons. The maximum atomic E-state index is 6.12. The first-order chi connectivity index (χ1) is 11.4. The van der Waals surface area contributed by atoms with Crippen molar-refractivity contribution < 1.29 is 9.31 Å². The average Bonchev–Trinajstić information content (AvgIpc) is 3.01. The Labute approximate surface area is 148 Å². The van der Waals surface area contributed by atoms with Crippen molar-refractivity contribution in [2.75, 3.05) is 0 Å². The Bertz CT molecular complexity index is 718. The fraction of sp³-hybridized carbons (Fsp3) is 0.526. The third-order valence-electron chi connectivity index (χ3n) is 5.70. The fourth-order valence-corrected chi connectivity index (χ4v) is 4.14. The Morgan fingerprint density at radius 3 is 2.21 bits per heavy atom. The highest BCUT2D eigenvalue weighted by Crippen LogP contribution is 2.40. The second-order valence-electron chi connectivity index (χ2n) is 7.90. The zero-order valence-electron chi connectivity index (χ0n) is 14.8. The Morgan fingerprint density at radius 2 is 1.67 bits per heavy atom. The summed E-state index contributed by atoms with van der Waals surface area (Å²) in [6.45, 7) is 8.34. The molecule has 1 aliphatic carbocycles. The van der Waals surface area contributed by atoms with Crippen LogP contribution >= 0.6 is 11.3 Å². The molecule has 0 atom stereocenters. The third kappa shape index (κ3) is 2.73. The van der Waals surface area contributed by atoms with Crippen molar-refractivity contribution in [1.29, 1.82) is 0 Å². The number of hydrogen-bond acceptors (Lipinski definition) is 4. The predicted octanol–water partition coefficient (Wildman–Crippen LogP) is 4.38. The molecule has 3 nitrogen and oxygen atoms in total. The van der Waals surface area contributed by atoms with Gasteiger partial charge in [-0.25, -0.2) is 4.98 Å². The molecule has 4 rings (SSSR count). The molecule has 2 heterocycles. The van der Waals surface area contributed by atoms with Gasteiger partial charge in [-0.15, -0.1) is 11.3 Å². The van der Waals surface area contributed by atoms with Crippen LogP contribution in [-0.2, 0) is 9.31 Å². The van der Waals surface area contributed by atoms with Crippen molar-refractivity contribution in [3.8, 4) is 10.4 Å². The summed E-state index contributed by atoms with van der Waals surface area (Å²) in [4.78, 5) is 5.87. The van der Waals surface area contributed by atoms with E-state index in [2.05, 4.69) is 56.9 Å². The van der Waals surface area contributed by atoms with Crippen molar-refractivity contribution in [3.05, 3.63) is 35.5 Å². The molecule has 1 saturated carbocycles. The number of rotatable bonds is 3. The van der Waals surface area contributed by atoms with Crippen molar-refractivity contribution in [2.24, 2.45) is 0 Å². The molecule has 5 heteroatoms. The lowest BCUT2D eigenvalue weighted by Crippen LogP contribution is -2.41. The third-order valence-corrected chi connectivity index (χ3v) is 6.91. The molecule has 0 spiro atoms. The minimum atomic E-state index is -0.300. The van der Waals surface area contributed by atoms with Crippen LogP contribution in [0, 0.1) is 0 Å². The second-order valence-corrected chi connectivity index (χ2v) is 8.96. The molecule has 1 saturated heterocycles. The minimum Gasteiger partial charge on any atom is -0.399 e. The molecule has 126 valence electrons. The van der Waals surface area contributed by atoms with E-state index in [-0.39, 0.29) is 18.3 Å². The average molecular weight is 341 g/mol. The van der Waals surface area contributed by atoms with Gasteiger partial charge in [0.2, 0.25) is 0 Å². The predicted molar refractivity (Wildman–Crippen MR) is 99.9 cm³/mol. The minimum absolute atomic E-state index is 0.295. The van der Waals surface area contributed by atoms with Gasteiger partial charge in [0.25, 0.3) is 0 Å². The van der Waals surface area contributed by atoms with Gasteiger partial charge < -0.3 is 9.31 Å². The van der Waals surface area contributed by atoms with E-state index in [1.165, 1.54) is 34.7 Å². The zero-order chi connectivity index (χ0) is 16.9. The van der Waals surface area contributed by atoms with Gasteiger partial charge in [-0.1, -0.05) is 30.7 Å². The maximum Gasteiger partial charge on any atom is 0.494 e. The van der Waals surface area contributed by atoms with Gasteiger partial charge in [0.15, 0.2) is 0 Å². The number of thiazole rings is 1. The van der Waals surface area contributed by atoms with E-state index < -0.39 is 0 Å². The molecule has 2 aliphatic rings. The van der Waals surface area contributed by atoms with Gasteiger partial charge in [0, 0.05) is 12.1 Å². The first-order valence-corrected chi connectivity index (χ1v) is 9.59. The van der Waals surface area contributed by atoms with E-state index in [1.807, 2.05) is 17.5 Å². The summed E-state index contributed by atoms with van der Waals surface area (Å²) in [7, 11) is -0.295. The summed E-state index contributed by atoms with van der Waals surface area (Å²) in [5, 5.41) is 1.30. The molecule has 0 N–H and O–H groups in total. The second kappa shape index (κ2) is 5.68. The Morgan fingerprint density at radius 1 is 1.04 bits per heavy atom. The number of nitrogens with zero attached hydrogens (tertiary/aromatic N) is 1. The largest absolute Gasteiger partial charge is 0.494 e. The van der Waals surface area contributed by atoms with E-state index in [1.54, 1.807) is 0 Å². The molecule has 0 bridgehead atoms. The van der Waals surface area contributed by atoms with Gasteiger partial charge in [-0.2, -0.15) is 0 Å². The van der Waals surface area contributed by atoms with Gasteiger partial charge >= 0.3 is 7.12 Å². The van der Waals surface area contributed by atoms with Crippen LogP contribution in [0.1, 0.15) is 57.9 Å². The van der Waals surface area contributed by atoms with Crippen LogP contribution in [0.25, 0.3) is 10.4 Å². The first-order valence-electron chi connectivity index (χ1n) is 8.77. The van der Waals surface area contributed by atoms with Gasteiger partial charge in [-0.05, 0) is 51.6 Å². The molecule has 1 aromatic heterocycles. The van der Waals surface area contributed by atoms with Crippen LogP contribution in [0.4, 0.5) is 0 Å². The molecule has 0 amide bonds. The summed E-state index contributed by atoms with van der Waals surface area (Å²) < 4.78 is 12.2. The molecular weight excluding hydrogens is 317 g/mol. The maximum absolute atomic E-state index is 6.12. The highest BCUT2D eigenvalue weighted by Gasteiger charge is 2.51. The van der Waals surface area contributed by atoms with Crippen LogP contribution < -0.4 is 5.46 Å². The lowest BCUT2D eigenvalue weighted by Gasteiger charge is -2.32. The highest BCUT2D eigenvalue weighted by molar-refractivity contribution is 7.15. The molecule has 1 aliphatic heterocycles. The van der Waals surface area contributed by atoms with Gasteiger partial charge in [0.1, 0.15) is 0 Å². The standard InChI is InChI=1S/C19H24BNO2S/c1-18(2)19(3,4)23-20(22-18)15-10-8-13(9-11-15)16-12-21-17(24-16)14-6-5-7-14/h8-12,14H,5-7H2,1-4H3. The Kier molecular flexibility index (Phi) is 3.86. The van der Waals surface area contributed by atoms with Crippen molar-refractivity contribution >= 4 is 23.9 Å². The Balaban J connectivity index is 1.52. The fourth-order valence-electron chi connectivity index (χ4n) is 3.05. The Hall–Kier alpha value is -1.17.